The van der Waals surface area contributed by atoms with E-state index in [4.69, 9.17) is 21.1 Å². The number of hydrazine groups is 1. The Balaban J connectivity index is 2.63. The standard InChI is InChI=1S/C15H18BrN3O2/c1-20-12-4-3-5-13(21-2)14(12)15(19-18)10-8-9(16)6-7-11(10)17/h3-8,15,19H,17-18H2,1-2H3. The Morgan fingerprint density at radius 2 is 1.71 bits per heavy atom. The van der Waals surface area contributed by atoms with Crippen LogP contribution in [0.2, 0.25) is 0 Å². The lowest BCUT2D eigenvalue weighted by molar-refractivity contribution is 0.377. The van der Waals surface area contributed by atoms with Crippen LogP contribution in [-0.2, 0) is 0 Å². The van der Waals surface area contributed by atoms with Crippen molar-refractivity contribution in [3.63, 3.8) is 0 Å². The van der Waals surface area contributed by atoms with Gasteiger partial charge in [0.05, 0.1) is 25.8 Å². The molecule has 6 heteroatoms. The highest BCUT2D eigenvalue weighted by Crippen LogP contribution is 2.39. The summed E-state index contributed by atoms with van der Waals surface area (Å²) in [6.07, 6.45) is 0. The number of nitrogen functional groups attached to an aromatic ring is 1. The maximum absolute atomic E-state index is 6.09. The van der Waals surface area contributed by atoms with Gasteiger partial charge in [-0.25, -0.2) is 5.43 Å². The van der Waals surface area contributed by atoms with E-state index in [1.165, 1.54) is 0 Å². The van der Waals surface area contributed by atoms with E-state index in [9.17, 15) is 0 Å². The summed E-state index contributed by atoms with van der Waals surface area (Å²) in [6, 6.07) is 10.9. The van der Waals surface area contributed by atoms with Crippen molar-refractivity contribution in [1.82, 2.24) is 5.43 Å². The number of nitrogens with one attached hydrogen (secondary N) is 1. The Kier molecular flexibility index (Phi) is 5.06. The first-order valence-corrected chi connectivity index (χ1v) is 7.13. The van der Waals surface area contributed by atoms with E-state index < -0.39 is 0 Å². The average molecular weight is 352 g/mol. The van der Waals surface area contributed by atoms with Gasteiger partial charge in [-0.3, -0.25) is 5.84 Å². The third-order valence-corrected chi connectivity index (χ3v) is 3.77. The summed E-state index contributed by atoms with van der Waals surface area (Å²) in [5.41, 5.74) is 11.2. The van der Waals surface area contributed by atoms with E-state index in [0.29, 0.717) is 17.2 Å². The molecule has 2 rings (SSSR count). The molecule has 0 aliphatic rings. The van der Waals surface area contributed by atoms with Crippen molar-refractivity contribution in [3.05, 3.63) is 52.0 Å². The number of nitrogens with two attached hydrogens (primary N) is 2. The number of anilines is 1. The summed E-state index contributed by atoms with van der Waals surface area (Å²) in [5.74, 6) is 7.13. The molecule has 0 bridgehead atoms. The van der Waals surface area contributed by atoms with Crippen LogP contribution < -0.4 is 26.5 Å². The van der Waals surface area contributed by atoms with Gasteiger partial charge in [-0.2, -0.15) is 0 Å². The summed E-state index contributed by atoms with van der Waals surface area (Å²) >= 11 is 3.45. The molecule has 0 radical (unpaired) electrons. The van der Waals surface area contributed by atoms with Gasteiger partial charge in [-0.15, -0.1) is 0 Å². The maximum Gasteiger partial charge on any atom is 0.127 e. The largest absolute Gasteiger partial charge is 0.496 e. The molecule has 0 amide bonds. The highest BCUT2D eigenvalue weighted by atomic mass is 79.9. The van der Waals surface area contributed by atoms with Crippen LogP contribution in [0.5, 0.6) is 11.5 Å². The van der Waals surface area contributed by atoms with Crippen molar-refractivity contribution in [2.75, 3.05) is 20.0 Å². The molecule has 0 aromatic heterocycles. The van der Waals surface area contributed by atoms with Gasteiger partial charge in [-0.1, -0.05) is 22.0 Å². The van der Waals surface area contributed by atoms with Gasteiger partial charge >= 0.3 is 0 Å². The number of hydrogen-bond acceptors (Lipinski definition) is 5. The summed E-state index contributed by atoms with van der Waals surface area (Å²) in [7, 11) is 3.21. The second kappa shape index (κ2) is 6.80. The van der Waals surface area contributed by atoms with Crippen molar-refractivity contribution < 1.29 is 9.47 Å². The Bertz CT molecular complexity index is 612. The molecule has 0 aliphatic carbocycles. The zero-order chi connectivity index (χ0) is 15.4. The van der Waals surface area contributed by atoms with E-state index in [0.717, 1.165) is 15.6 Å². The fourth-order valence-electron chi connectivity index (χ4n) is 2.29. The maximum atomic E-state index is 6.09. The molecule has 5 N–H and O–H groups in total. The number of ether oxygens (including phenoxy) is 2. The molecule has 1 unspecified atom stereocenters. The van der Waals surface area contributed by atoms with Crippen LogP contribution in [0.15, 0.2) is 40.9 Å². The van der Waals surface area contributed by atoms with Gasteiger partial charge in [0.15, 0.2) is 0 Å². The van der Waals surface area contributed by atoms with Crippen LogP contribution >= 0.6 is 15.9 Å². The molecule has 0 saturated heterocycles. The van der Waals surface area contributed by atoms with Crippen molar-refractivity contribution in [2.24, 2.45) is 5.84 Å². The van der Waals surface area contributed by atoms with Crippen LogP contribution in [0, 0.1) is 0 Å². The first-order chi connectivity index (χ1) is 10.1. The second-order valence-electron chi connectivity index (χ2n) is 4.45. The van der Waals surface area contributed by atoms with Gasteiger partial charge in [0, 0.05) is 10.2 Å². The molecule has 21 heavy (non-hydrogen) atoms. The van der Waals surface area contributed by atoms with E-state index in [2.05, 4.69) is 21.4 Å². The normalized spacial score (nSPS) is 12.0. The van der Waals surface area contributed by atoms with Crippen molar-refractivity contribution >= 4 is 21.6 Å². The minimum atomic E-state index is -0.353. The third kappa shape index (κ3) is 3.12. The van der Waals surface area contributed by atoms with Crippen LogP contribution in [0.4, 0.5) is 5.69 Å². The lowest BCUT2D eigenvalue weighted by Gasteiger charge is -2.23. The van der Waals surface area contributed by atoms with Gasteiger partial charge in [0.2, 0.25) is 0 Å². The molecule has 2 aromatic rings. The molecule has 0 heterocycles. The Morgan fingerprint density at radius 3 is 2.24 bits per heavy atom. The predicted octanol–water partition coefficient (Wildman–Crippen LogP) is 2.60. The smallest absolute Gasteiger partial charge is 0.127 e. The minimum absolute atomic E-state index is 0.353. The van der Waals surface area contributed by atoms with Crippen LogP contribution in [-0.4, -0.2) is 14.2 Å². The highest BCUT2D eigenvalue weighted by Gasteiger charge is 2.23. The Morgan fingerprint density at radius 1 is 1.10 bits per heavy atom. The minimum Gasteiger partial charge on any atom is -0.496 e. The SMILES string of the molecule is COc1cccc(OC)c1C(NN)c1cc(Br)ccc1N. The average Bonchev–Trinajstić information content (AvgIpc) is 2.51. The van der Waals surface area contributed by atoms with E-state index in [-0.39, 0.29) is 6.04 Å². The Hall–Kier alpha value is -1.76. The summed E-state index contributed by atoms with van der Waals surface area (Å²) in [4.78, 5) is 0. The van der Waals surface area contributed by atoms with Crippen LogP contribution in [0.1, 0.15) is 17.2 Å². The topological polar surface area (TPSA) is 82.5 Å². The fraction of sp³-hybridized carbons (Fsp3) is 0.200. The first-order valence-electron chi connectivity index (χ1n) is 6.34. The number of methoxy groups -OCH3 is 2. The van der Waals surface area contributed by atoms with E-state index in [1.54, 1.807) is 14.2 Å². The van der Waals surface area contributed by atoms with Gasteiger partial charge < -0.3 is 15.2 Å². The van der Waals surface area contributed by atoms with Gasteiger partial charge in [0.1, 0.15) is 11.5 Å². The van der Waals surface area contributed by atoms with E-state index >= 15 is 0 Å². The summed E-state index contributed by atoms with van der Waals surface area (Å²) in [5, 5.41) is 0. The number of benzene rings is 2. The zero-order valence-corrected chi connectivity index (χ0v) is 13.5. The van der Waals surface area contributed by atoms with Gasteiger partial charge in [-0.05, 0) is 35.9 Å². The lowest BCUT2D eigenvalue weighted by Crippen LogP contribution is -2.30. The molecule has 2 aromatic carbocycles. The quantitative estimate of drug-likeness (QED) is 0.438. The summed E-state index contributed by atoms with van der Waals surface area (Å²) < 4.78 is 11.8. The first kappa shape index (κ1) is 15.6. The zero-order valence-electron chi connectivity index (χ0n) is 11.9. The van der Waals surface area contributed by atoms with Crippen molar-refractivity contribution in [1.29, 1.82) is 0 Å². The number of halogens is 1. The molecule has 112 valence electrons. The lowest BCUT2D eigenvalue weighted by atomic mass is 9.96. The molecule has 0 aliphatic heterocycles. The predicted molar refractivity (Wildman–Crippen MR) is 87.3 cm³/mol. The molecule has 0 fully saturated rings. The van der Waals surface area contributed by atoms with E-state index in [1.807, 2.05) is 36.4 Å². The van der Waals surface area contributed by atoms with Gasteiger partial charge in [0.25, 0.3) is 0 Å². The molecule has 0 saturated carbocycles. The number of rotatable bonds is 5. The second-order valence-corrected chi connectivity index (χ2v) is 5.36. The Labute approximate surface area is 132 Å². The fourth-order valence-corrected chi connectivity index (χ4v) is 2.67. The highest BCUT2D eigenvalue weighted by molar-refractivity contribution is 9.10. The monoisotopic (exact) mass is 351 g/mol. The summed E-state index contributed by atoms with van der Waals surface area (Å²) in [6.45, 7) is 0. The van der Waals surface area contributed by atoms with Crippen LogP contribution in [0.3, 0.4) is 0 Å². The van der Waals surface area contributed by atoms with Crippen molar-refractivity contribution in [2.45, 2.75) is 6.04 Å². The van der Waals surface area contributed by atoms with Crippen molar-refractivity contribution in [3.8, 4) is 11.5 Å². The van der Waals surface area contributed by atoms with Crippen LogP contribution in [0.25, 0.3) is 0 Å². The number of hydrogen-bond donors (Lipinski definition) is 3. The molecular weight excluding hydrogens is 334 g/mol. The molecule has 5 nitrogen and oxygen atoms in total. The molecule has 0 spiro atoms. The third-order valence-electron chi connectivity index (χ3n) is 3.28. The molecular formula is C15H18BrN3O2. The molecule has 1 atom stereocenters.